The molecule has 1 atom stereocenters. The van der Waals surface area contributed by atoms with Gasteiger partial charge in [-0.3, -0.25) is 4.79 Å². The Hall–Kier alpha value is -3.94. The maximum absolute atomic E-state index is 12.8. The molecule has 31 heavy (non-hydrogen) atoms. The van der Waals surface area contributed by atoms with Crippen LogP contribution in [0.3, 0.4) is 0 Å². The average Bonchev–Trinajstić information content (AvgIpc) is 3.43. The Bertz CT molecular complexity index is 1100. The quantitative estimate of drug-likeness (QED) is 0.591. The monoisotopic (exact) mass is 421 g/mol. The predicted molar refractivity (Wildman–Crippen MR) is 114 cm³/mol. The molecule has 1 N–H and O–H groups in total. The van der Waals surface area contributed by atoms with Crippen molar-refractivity contribution in [1.82, 2.24) is 14.9 Å². The fourth-order valence-corrected chi connectivity index (χ4v) is 3.33. The van der Waals surface area contributed by atoms with Crippen molar-refractivity contribution in [2.75, 3.05) is 21.0 Å². The van der Waals surface area contributed by atoms with E-state index in [0.29, 0.717) is 28.8 Å². The molecule has 0 radical (unpaired) electrons. The number of carbonyl (C=O) groups excluding carboxylic acids is 1. The molecule has 4 rings (SSSR count). The van der Waals surface area contributed by atoms with E-state index < -0.39 is 6.04 Å². The Balaban J connectivity index is 1.59. The zero-order chi connectivity index (χ0) is 21.8. The molecule has 0 fully saturated rings. The van der Waals surface area contributed by atoms with Gasteiger partial charge in [0.15, 0.2) is 11.5 Å². The number of hydrogen-bond acceptors (Lipinski definition) is 6. The van der Waals surface area contributed by atoms with Crippen LogP contribution < -0.4 is 24.3 Å². The fourth-order valence-electron chi connectivity index (χ4n) is 3.33. The number of hydrogen-bond donors (Lipinski definition) is 1. The third-order valence-corrected chi connectivity index (χ3v) is 4.93. The number of carbonyl (C=O) groups is 1. The van der Waals surface area contributed by atoms with Crippen molar-refractivity contribution in [1.29, 1.82) is 0 Å². The summed E-state index contributed by atoms with van der Waals surface area (Å²) < 4.78 is 23.3. The van der Waals surface area contributed by atoms with Crippen LogP contribution in [0.2, 0.25) is 0 Å². The number of methoxy groups -OCH3 is 2. The van der Waals surface area contributed by atoms with E-state index >= 15 is 0 Å². The van der Waals surface area contributed by atoms with Crippen LogP contribution in [-0.4, -0.2) is 36.5 Å². The second-order valence-corrected chi connectivity index (χ2v) is 6.93. The number of aromatic nitrogens is 2. The molecule has 0 aliphatic carbocycles. The van der Waals surface area contributed by atoms with Gasteiger partial charge in [0, 0.05) is 31.6 Å². The van der Waals surface area contributed by atoms with Crippen LogP contribution in [-0.2, 0) is 11.8 Å². The van der Waals surface area contributed by atoms with Gasteiger partial charge in [-0.15, -0.1) is 0 Å². The summed E-state index contributed by atoms with van der Waals surface area (Å²) in [7, 11) is 5.05. The van der Waals surface area contributed by atoms with Crippen molar-refractivity contribution in [3.8, 4) is 23.0 Å². The van der Waals surface area contributed by atoms with E-state index in [1.165, 1.54) is 6.08 Å². The lowest BCUT2D eigenvalue weighted by molar-refractivity contribution is -0.117. The second-order valence-electron chi connectivity index (χ2n) is 6.93. The number of rotatable bonds is 7. The van der Waals surface area contributed by atoms with Crippen molar-refractivity contribution in [3.05, 3.63) is 71.8 Å². The van der Waals surface area contributed by atoms with Crippen LogP contribution in [0.4, 0.5) is 0 Å². The number of nitrogens with one attached hydrogen (secondary N) is 1. The van der Waals surface area contributed by atoms with E-state index in [4.69, 9.17) is 18.9 Å². The first-order chi connectivity index (χ1) is 15.1. The lowest BCUT2D eigenvalue weighted by Crippen LogP contribution is -2.29. The Labute approximate surface area is 180 Å². The Morgan fingerprint density at radius 2 is 1.87 bits per heavy atom. The van der Waals surface area contributed by atoms with E-state index in [1.807, 2.05) is 48.1 Å². The number of amides is 1. The van der Waals surface area contributed by atoms with Crippen LogP contribution in [0.5, 0.6) is 23.0 Å². The van der Waals surface area contributed by atoms with Crippen LogP contribution in [0.25, 0.3) is 6.08 Å². The molecule has 160 valence electrons. The summed E-state index contributed by atoms with van der Waals surface area (Å²) in [6.45, 7) is 0.207. The normalized spacial score (nSPS) is 13.3. The van der Waals surface area contributed by atoms with Gasteiger partial charge in [-0.25, -0.2) is 4.98 Å². The maximum Gasteiger partial charge on any atom is 0.244 e. The van der Waals surface area contributed by atoms with Gasteiger partial charge in [0.05, 0.1) is 14.2 Å². The Morgan fingerprint density at radius 3 is 2.55 bits per heavy atom. The molecule has 1 aliphatic heterocycles. The van der Waals surface area contributed by atoms with Gasteiger partial charge in [0.1, 0.15) is 23.4 Å². The molecule has 0 bridgehead atoms. The van der Waals surface area contributed by atoms with Crippen LogP contribution in [0.15, 0.2) is 54.9 Å². The molecule has 8 heteroatoms. The van der Waals surface area contributed by atoms with Crippen molar-refractivity contribution < 1.29 is 23.7 Å². The molecule has 3 aromatic rings. The lowest BCUT2D eigenvalue weighted by atomic mass is 10.0. The molecule has 0 saturated carbocycles. The molecule has 2 aromatic carbocycles. The number of ether oxygens (including phenoxy) is 4. The lowest BCUT2D eigenvalue weighted by Gasteiger charge is -2.20. The van der Waals surface area contributed by atoms with Gasteiger partial charge >= 0.3 is 0 Å². The highest BCUT2D eigenvalue weighted by atomic mass is 16.7. The molecule has 1 amide bonds. The number of fused-ring (bicyclic) bond motifs is 1. The minimum atomic E-state index is -0.502. The van der Waals surface area contributed by atoms with Crippen molar-refractivity contribution >= 4 is 12.0 Å². The zero-order valence-electron chi connectivity index (χ0n) is 17.5. The summed E-state index contributed by atoms with van der Waals surface area (Å²) in [5.74, 6) is 3.02. The van der Waals surface area contributed by atoms with Crippen LogP contribution in [0, 0.1) is 0 Å². The summed E-state index contributed by atoms with van der Waals surface area (Å²) in [5.41, 5.74) is 1.62. The van der Waals surface area contributed by atoms with Crippen LogP contribution in [0.1, 0.15) is 23.0 Å². The highest BCUT2D eigenvalue weighted by molar-refractivity contribution is 5.92. The number of imidazole rings is 1. The SMILES string of the molecule is COc1cc(OC)cc(C(NC(=O)C=Cc2ccc3c(c2)OCO3)c2nccn2C)c1. The summed E-state index contributed by atoms with van der Waals surface area (Å²) in [6, 6.07) is 10.5. The fraction of sp³-hybridized carbons (Fsp3) is 0.217. The molecule has 1 unspecified atom stereocenters. The van der Waals surface area contributed by atoms with Crippen molar-refractivity contribution in [3.63, 3.8) is 0 Å². The molecule has 1 aromatic heterocycles. The molecular weight excluding hydrogens is 398 g/mol. The largest absolute Gasteiger partial charge is 0.497 e. The number of aryl methyl sites for hydroxylation is 1. The average molecular weight is 421 g/mol. The Kier molecular flexibility index (Phi) is 5.79. The minimum absolute atomic E-state index is 0.207. The van der Waals surface area contributed by atoms with Crippen molar-refractivity contribution in [2.45, 2.75) is 6.04 Å². The molecule has 2 heterocycles. The highest BCUT2D eigenvalue weighted by Gasteiger charge is 2.22. The summed E-state index contributed by atoms with van der Waals surface area (Å²) >= 11 is 0. The summed E-state index contributed by atoms with van der Waals surface area (Å²) in [5, 5.41) is 3.03. The van der Waals surface area contributed by atoms with Gasteiger partial charge in [-0.05, 0) is 41.5 Å². The van der Waals surface area contributed by atoms with E-state index in [-0.39, 0.29) is 12.7 Å². The van der Waals surface area contributed by atoms with Gasteiger partial charge in [-0.1, -0.05) is 6.07 Å². The molecule has 8 nitrogen and oxygen atoms in total. The van der Waals surface area contributed by atoms with Gasteiger partial charge in [0.25, 0.3) is 0 Å². The molecule has 1 aliphatic rings. The molecular formula is C23H23N3O5. The van der Waals surface area contributed by atoms with E-state index in [2.05, 4.69) is 10.3 Å². The highest BCUT2D eigenvalue weighted by Crippen LogP contribution is 2.33. The van der Waals surface area contributed by atoms with Crippen molar-refractivity contribution in [2.24, 2.45) is 7.05 Å². The Morgan fingerprint density at radius 1 is 1.13 bits per heavy atom. The first-order valence-corrected chi connectivity index (χ1v) is 9.66. The minimum Gasteiger partial charge on any atom is -0.497 e. The number of benzene rings is 2. The first kappa shape index (κ1) is 20.3. The zero-order valence-corrected chi connectivity index (χ0v) is 17.5. The van der Waals surface area contributed by atoms with Gasteiger partial charge < -0.3 is 28.8 Å². The smallest absolute Gasteiger partial charge is 0.244 e. The third-order valence-electron chi connectivity index (χ3n) is 4.93. The van der Waals surface area contributed by atoms with E-state index in [9.17, 15) is 4.79 Å². The first-order valence-electron chi connectivity index (χ1n) is 9.66. The number of nitrogens with zero attached hydrogens (tertiary/aromatic N) is 2. The molecule has 0 saturated heterocycles. The summed E-state index contributed by atoms with van der Waals surface area (Å²) in [6.07, 6.45) is 6.71. The van der Waals surface area contributed by atoms with Crippen LogP contribution >= 0.6 is 0 Å². The topological polar surface area (TPSA) is 83.8 Å². The van der Waals surface area contributed by atoms with E-state index in [1.54, 1.807) is 32.6 Å². The maximum atomic E-state index is 12.8. The van der Waals surface area contributed by atoms with Gasteiger partial charge in [-0.2, -0.15) is 0 Å². The molecule has 0 spiro atoms. The predicted octanol–water partition coefficient (Wildman–Crippen LogP) is 3.09. The summed E-state index contributed by atoms with van der Waals surface area (Å²) in [4.78, 5) is 17.2. The standard InChI is InChI=1S/C23H23N3O5/c1-26-9-8-24-23(26)22(16-11-17(28-2)13-18(12-16)29-3)25-21(27)7-5-15-4-6-19-20(10-15)31-14-30-19/h4-13,22H,14H2,1-3H3,(H,25,27). The second kappa shape index (κ2) is 8.83. The van der Waals surface area contributed by atoms with E-state index in [0.717, 1.165) is 11.1 Å². The van der Waals surface area contributed by atoms with Gasteiger partial charge in [0.2, 0.25) is 12.7 Å². The third kappa shape index (κ3) is 4.48.